The first-order chi connectivity index (χ1) is 31.0. The predicted octanol–water partition coefficient (Wildman–Crippen LogP) is 17.3. The largest absolute Gasteiger partial charge is 0.466 e. The minimum Gasteiger partial charge on any atom is -0.466 e. The molecule has 0 heterocycles. The molecule has 3 N–H and O–H groups in total. The first kappa shape index (κ1) is 61.6. The van der Waals surface area contributed by atoms with E-state index in [1.165, 1.54) is 205 Å². The molecule has 0 bridgehead atoms. The molecule has 1 amide bonds. The third kappa shape index (κ3) is 49.9. The number of allylic oxidation sites excluding steroid dienone is 2. The lowest BCUT2D eigenvalue weighted by atomic mass is 10.0. The van der Waals surface area contributed by atoms with Gasteiger partial charge < -0.3 is 20.3 Å². The molecule has 374 valence electrons. The molecule has 0 aliphatic carbocycles. The summed E-state index contributed by atoms with van der Waals surface area (Å²) < 4.78 is 5.45. The van der Waals surface area contributed by atoms with Gasteiger partial charge >= 0.3 is 5.97 Å². The zero-order valence-electron chi connectivity index (χ0n) is 42.6. The zero-order valence-corrected chi connectivity index (χ0v) is 42.6. The molecule has 63 heavy (non-hydrogen) atoms. The Hall–Kier alpha value is -1.40. The second-order valence-corrected chi connectivity index (χ2v) is 19.6. The molecular formula is C57H111NO5. The van der Waals surface area contributed by atoms with Crippen LogP contribution in [0.2, 0.25) is 0 Å². The molecule has 2 atom stereocenters. The third-order valence-electron chi connectivity index (χ3n) is 13.3. The number of carbonyl (C=O) groups excluding carboxylic acids is 2. The highest BCUT2D eigenvalue weighted by atomic mass is 16.5. The molecule has 0 radical (unpaired) electrons. The minimum absolute atomic E-state index is 0.0315. The minimum atomic E-state index is -0.685. The maximum Gasteiger partial charge on any atom is 0.305 e. The molecule has 6 heteroatoms. The topological polar surface area (TPSA) is 95.9 Å². The third-order valence-corrected chi connectivity index (χ3v) is 13.3. The Balaban J connectivity index is 3.49. The van der Waals surface area contributed by atoms with Crippen molar-refractivity contribution < 1.29 is 24.5 Å². The van der Waals surface area contributed by atoms with Gasteiger partial charge in [-0.25, -0.2) is 0 Å². The van der Waals surface area contributed by atoms with E-state index in [2.05, 4.69) is 31.3 Å². The van der Waals surface area contributed by atoms with Crippen molar-refractivity contribution in [3.63, 3.8) is 0 Å². The Morgan fingerprint density at radius 3 is 1.13 bits per heavy atom. The Kier molecular flexibility index (Phi) is 52.0. The van der Waals surface area contributed by atoms with Gasteiger partial charge in [-0.1, -0.05) is 264 Å². The molecule has 0 aromatic heterocycles. The van der Waals surface area contributed by atoms with Crippen LogP contribution in [-0.2, 0) is 14.3 Å². The Morgan fingerprint density at radius 1 is 0.429 bits per heavy atom. The van der Waals surface area contributed by atoms with Gasteiger partial charge in [0, 0.05) is 12.8 Å². The second kappa shape index (κ2) is 53.2. The monoisotopic (exact) mass is 890 g/mol. The fourth-order valence-electron chi connectivity index (χ4n) is 8.93. The molecule has 0 aromatic rings. The van der Waals surface area contributed by atoms with Crippen molar-refractivity contribution in [3.8, 4) is 0 Å². The molecule has 0 saturated carbocycles. The molecule has 0 aliphatic rings. The first-order valence-corrected chi connectivity index (χ1v) is 28.4. The molecule has 0 aliphatic heterocycles. The summed E-state index contributed by atoms with van der Waals surface area (Å²) in [6.45, 7) is 4.89. The molecule has 0 spiro atoms. The lowest BCUT2D eigenvalue weighted by Crippen LogP contribution is -2.45. The molecular weight excluding hydrogens is 779 g/mol. The van der Waals surface area contributed by atoms with Gasteiger partial charge in [-0.15, -0.1) is 0 Å². The van der Waals surface area contributed by atoms with E-state index in [-0.39, 0.29) is 18.5 Å². The van der Waals surface area contributed by atoms with E-state index < -0.39 is 12.1 Å². The Morgan fingerprint density at radius 2 is 0.746 bits per heavy atom. The van der Waals surface area contributed by atoms with Gasteiger partial charge in [0.25, 0.3) is 0 Å². The van der Waals surface area contributed by atoms with Crippen LogP contribution in [0.3, 0.4) is 0 Å². The summed E-state index contributed by atoms with van der Waals surface area (Å²) in [5.41, 5.74) is 0. The van der Waals surface area contributed by atoms with Crippen LogP contribution in [0.1, 0.15) is 316 Å². The number of aliphatic hydroxyl groups excluding tert-OH is 2. The van der Waals surface area contributed by atoms with Crippen molar-refractivity contribution in [2.75, 3.05) is 13.2 Å². The number of hydrogen-bond donors (Lipinski definition) is 3. The Bertz CT molecular complexity index is 939. The molecule has 0 saturated heterocycles. The van der Waals surface area contributed by atoms with Gasteiger partial charge in [0.1, 0.15) is 0 Å². The molecule has 0 rings (SSSR count). The smallest absolute Gasteiger partial charge is 0.305 e. The van der Waals surface area contributed by atoms with Crippen LogP contribution in [-0.4, -0.2) is 47.4 Å². The summed E-state index contributed by atoms with van der Waals surface area (Å²) >= 11 is 0. The summed E-state index contributed by atoms with van der Waals surface area (Å²) in [5, 5.41) is 23.3. The van der Waals surface area contributed by atoms with E-state index in [4.69, 9.17) is 4.74 Å². The predicted molar refractivity (Wildman–Crippen MR) is 273 cm³/mol. The SMILES string of the molecule is CCCCCCCCCCCCCCCCCCCCCC(O)C(CO)NC(=O)CCCCCC/C=C\CCCCOC(=O)CCCCCCCCCCCCCCCCCCC. The number of unbranched alkanes of at least 4 members (excludes halogenated alkanes) is 40. The summed E-state index contributed by atoms with van der Waals surface area (Å²) in [5.74, 6) is -0.0989. The van der Waals surface area contributed by atoms with Gasteiger partial charge in [0.2, 0.25) is 5.91 Å². The quantitative estimate of drug-likeness (QED) is 0.0321. The molecule has 6 nitrogen and oxygen atoms in total. The lowest BCUT2D eigenvalue weighted by Gasteiger charge is -2.22. The number of ether oxygens (including phenoxy) is 1. The highest BCUT2D eigenvalue weighted by molar-refractivity contribution is 5.76. The van der Waals surface area contributed by atoms with Crippen LogP contribution in [0.5, 0.6) is 0 Å². The standard InChI is InChI=1S/C57H111NO5/c1-3-5-7-9-11-13-15-17-19-21-22-24-25-27-29-33-37-41-45-49-55(60)54(53-59)58-56(61)50-46-42-38-34-31-32-36-40-44-48-52-63-57(62)51-47-43-39-35-30-28-26-23-20-18-16-14-12-10-8-6-4-2/h32,36,54-55,59-60H,3-31,33-35,37-53H2,1-2H3,(H,58,61)/b36-32-. The number of amides is 1. The molecule has 0 fully saturated rings. The van der Waals surface area contributed by atoms with Gasteiger partial charge in [-0.2, -0.15) is 0 Å². The van der Waals surface area contributed by atoms with Crippen molar-refractivity contribution in [1.82, 2.24) is 5.32 Å². The number of aliphatic hydroxyl groups is 2. The average Bonchev–Trinajstić information content (AvgIpc) is 3.28. The van der Waals surface area contributed by atoms with Crippen LogP contribution >= 0.6 is 0 Å². The van der Waals surface area contributed by atoms with E-state index in [0.717, 1.165) is 77.0 Å². The van der Waals surface area contributed by atoms with Crippen LogP contribution in [0.15, 0.2) is 12.2 Å². The van der Waals surface area contributed by atoms with E-state index >= 15 is 0 Å². The maximum absolute atomic E-state index is 12.5. The number of rotatable bonds is 53. The molecule has 2 unspecified atom stereocenters. The lowest BCUT2D eigenvalue weighted by molar-refractivity contribution is -0.143. The fraction of sp³-hybridized carbons (Fsp3) is 0.930. The van der Waals surface area contributed by atoms with Crippen LogP contribution in [0, 0.1) is 0 Å². The van der Waals surface area contributed by atoms with Crippen molar-refractivity contribution in [1.29, 1.82) is 0 Å². The number of hydrogen-bond acceptors (Lipinski definition) is 5. The van der Waals surface area contributed by atoms with Crippen LogP contribution in [0.4, 0.5) is 0 Å². The summed E-state index contributed by atoms with van der Waals surface area (Å²) in [6.07, 6.45) is 62.0. The fourth-order valence-corrected chi connectivity index (χ4v) is 8.93. The van der Waals surface area contributed by atoms with Gasteiger partial charge in [-0.05, 0) is 51.4 Å². The second-order valence-electron chi connectivity index (χ2n) is 19.6. The van der Waals surface area contributed by atoms with Crippen molar-refractivity contribution in [2.45, 2.75) is 328 Å². The molecule has 0 aromatic carbocycles. The van der Waals surface area contributed by atoms with Crippen molar-refractivity contribution in [2.24, 2.45) is 0 Å². The normalized spacial score (nSPS) is 12.6. The highest BCUT2D eigenvalue weighted by Gasteiger charge is 2.20. The van der Waals surface area contributed by atoms with Crippen molar-refractivity contribution >= 4 is 11.9 Å². The maximum atomic E-state index is 12.5. The van der Waals surface area contributed by atoms with E-state index in [0.29, 0.717) is 25.9 Å². The number of esters is 1. The number of carbonyl (C=O) groups is 2. The summed E-state index contributed by atoms with van der Waals surface area (Å²) in [7, 11) is 0. The van der Waals surface area contributed by atoms with Crippen molar-refractivity contribution in [3.05, 3.63) is 12.2 Å². The van der Waals surface area contributed by atoms with Crippen LogP contribution in [0.25, 0.3) is 0 Å². The Labute approximate surface area is 393 Å². The zero-order chi connectivity index (χ0) is 45.8. The van der Waals surface area contributed by atoms with E-state index in [9.17, 15) is 19.8 Å². The van der Waals surface area contributed by atoms with Gasteiger partial charge in [0.05, 0.1) is 25.4 Å². The van der Waals surface area contributed by atoms with E-state index in [1.807, 2.05) is 0 Å². The highest BCUT2D eigenvalue weighted by Crippen LogP contribution is 2.17. The van der Waals surface area contributed by atoms with Gasteiger partial charge in [-0.3, -0.25) is 9.59 Å². The summed E-state index contributed by atoms with van der Waals surface area (Å²) in [4.78, 5) is 24.5. The average molecular weight is 891 g/mol. The van der Waals surface area contributed by atoms with E-state index in [1.54, 1.807) is 0 Å². The number of nitrogens with one attached hydrogen (secondary N) is 1. The van der Waals surface area contributed by atoms with Crippen LogP contribution < -0.4 is 5.32 Å². The summed E-state index contributed by atoms with van der Waals surface area (Å²) in [6, 6.07) is -0.566. The van der Waals surface area contributed by atoms with Gasteiger partial charge in [0.15, 0.2) is 0 Å². The first-order valence-electron chi connectivity index (χ1n) is 28.4.